The predicted octanol–water partition coefficient (Wildman–Crippen LogP) is 0.642. The van der Waals surface area contributed by atoms with Crippen molar-refractivity contribution in [3.63, 3.8) is 0 Å². The largest absolute Gasteiger partial charge is 0.374 e. The standard InChI is InChI=1S/C15H23N3O2/c1-10-7-12(15(17)19)3-4-13(10)8-18-5-6-20-14(9-18)11(2)16/h3-4,7,11,14H,5-6,8-9,16H2,1-2H3,(H2,17,19). The molecular weight excluding hydrogens is 254 g/mol. The van der Waals surface area contributed by atoms with Crippen molar-refractivity contribution in [1.29, 1.82) is 0 Å². The first-order valence-corrected chi connectivity index (χ1v) is 6.96. The molecule has 2 unspecified atom stereocenters. The van der Waals surface area contributed by atoms with Gasteiger partial charge in [0.05, 0.1) is 12.7 Å². The number of primary amides is 1. The van der Waals surface area contributed by atoms with Crippen molar-refractivity contribution < 1.29 is 9.53 Å². The van der Waals surface area contributed by atoms with Gasteiger partial charge in [-0.15, -0.1) is 0 Å². The zero-order valence-corrected chi connectivity index (χ0v) is 12.1. The number of aryl methyl sites for hydroxylation is 1. The van der Waals surface area contributed by atoms with Crippen LogP contribution >= 0.6 is 0 Å². The fraction of sp³-hybridized carbons (Fsp3) is 0.533. The summed E-state index contributed by atoms with van der Waals surface area (Å²) in [4.78, 5) is 13.5. The summed E-state index contributed by atoms with van der Waals surface area (Å²) in [5.74, 6) is -0.386. The molecule has 20 heavy (non-hydrogen) atoms. The zero-order valence-electron chi connectivity index (χ0n) is 12.1. The van der Waals surface area contributed by atoms with E-state index in [4.69, 9.17) is 16.2 Å². The molecule has 5 nitrogen and oxygen atoms in total. The Balaban J connectivity index is 2.04. The van der Waals surface area contributed by atoms with E-state index in [0.29, 0.717) is 12.2 Å². The molecule has 5 heteroatoms. The molecule has 0 saturated carbocycles. The normalized spacial score (nSPS) is 21.6. The van der Waals surface area contributed by atoms with Gasteiger partial charge in [-0.2, -0.15) is 0 Å². The summed E-state index contributed by atoms with van der Waals surface area (Å²) < 4.78 is 5.66. The van der Waals surface area contributed by atoms with Gasteiger partial charge in [0.1, 0.15) is 0 Å². The third kappa shape index (κ3) is 3.56. The molecule has 1 saturated heterocycles. The molecular formula is C15H23N3O2. The topological polar surface area (TPSA) is 81.6 Å². The van der Waals surface area contributed by atoms with Crippen LogP contribution in [0, 0.1) is 6.92 Å². The highest BCUT2D eigenvalue weighted by atomic mass is 16.5. The summed E-state index contributed by atoms with van der Waals surface area (Å²) in [6.07, 6.45) is 0.0916. The van der Waals surface area contributed by atoms with Crippen molar-refractivity contribution in [2.75, 3.05) is 19.7 Å². The Morgan fingerprint density at radius 2 is 2.30 bits per heavy atom. The van der Waals surface area contributed by atoms with E-state index in [1.165, 1.54) is 5.56 Å². The molecule has 1 aliphatic heterocycles. The Hall–Kier alpha value is -1.43. The third-order valence-electron chi connectivity index (χ3n) is 3.79. The van der Waals surface area contributed by atoms with E-state index in [-0.39, 0.29) is 18.1 Å². The summed E-state index contributed by atoms with van der Waals surface area (Å²) in [6.45, 7) is 7.28. The van der Waals surface area contributed by atoms with E-state index < -0.39 is 0 Å². The molecule has 1 heterocycles. The van der Waals surface area contributed by atoms with Crippen molar-refractivity contribution in [1.82, 2.24) is 4.90 Å². The quantitative estimate of drug-likeness (QED) is 0.846. The summed E-state index contributed by atoms with van der Waals surface area (Å²) in [6, 6.07) is 5.65. The van der Waals surface area contributed by atoms with Crippen LogP contribution in [-0.2, 0) is 11.3 Å². The SMILES string of the molecule is Cc1cc(C(N)=O)ccc1CN1CCOC(C(C)N)C1. The minimum absolute atomic E-state index is 0.0381. The van der Waals surface area contributed by atoms with E-state index in [1.807, 2.05) is 26.0 Å². The maximum Gasteiger partial charge on any atom is 0.248 e. The summed E-state index contributed by atoms with van der Waals surface area (Å²) >= 11 is 0. The number of morpholine rings is 1. The van der Waals surface area contributed by atoms with Gasteiger partial charge in [-0.1, -0.05) is 6.07 Å². The Bertz CT molecular complexity index is 488. The third-order valence-corrected chi connectivity index (χ3v) is 3.79. The Kier molecular flexibility index (Phi) is 4.75. The maximum atomic E-state index is 11.2. The molecule has 2 atom stereocenters. The number of rotatable bonds is 4. The fourth-order valence-corrected chi connectivity index (χ4v) is 2.46. The van der Waals surface area contributed by atoms with Gasteiger partial charge >= 0.3 is 0 Å². The first kappa shape index (κ1) is 15.0. The van der Waals surface area contributed by atoms with Gasteiger partial charge in [-0.3, -0.25) is 9.69 Å². The summed E-state index contributed by atoms with van der Waals surface area (Å²) in [5, 5.41) is 0. The fourth-order valence-electron chi connectivity index (χ4n) is 2.46. The van der Waals surface area contributed by atoms with Crippen LogP contribution < -0.4 is 11.5 Å². The van der Waals surface area contributed by atoms with E-state index in [1.54, 1.807) is 6.07 Å². The number of carbonyl (C=O) groups is 1. The van der Waals surface area contributed by atoms with Gasteiger partial charge < -0.3 is 16.2 Å². The molecule has 1 fully saturated rings. The first-order valence-electron chi connectivity index (χ1n) is 6.96. The molecule has 4 N–H and O–H groups in total. The molecule has 0 aliphatic carbocycles. The average molecular weight is 277 g/mol. The van der Waals surface area contributed by atoms with Crippen LogP contribution in [0.5, 0.6) is 0 Å². The lowest BCUT2D eigenvalue weighted by Gasteiger charge is -2.35. The molecule has 110 valence electrons. The van der Waals surface area contributed by atoms with Gasteiger partial charge in [0.25, 0.3) is 0 Å². The van der Waals surface area contributed by atoms with Crippen LogP contribution in [0.25, 0.3) is 0 Å². The van der Waals surface area contributed by atoms with Crippen molar-refractivity contribution in [3.05, 3.63) is 34.9 Å². The highest BCUT2D eigenvalue weighted by Crippen LogP contribution is 2.16. The number of carbonyl (C=O) groups excluding carboxylic acids is 1. The van der Waals surface area contributed by atoms with Gasteiger partial charge in [0.15, 0.2) is 0 Å². The highest BCUT2D eigenvalue weighted by Gasteiger charge is 2.23. The number of ether oxygens (including phenoxy) is 1. The number of nitrogens with zero attached hydrogens (tertiary/aromatic N) is 1. The maximum absolute atomic E-state index is 11.2. The zero-order chi connectivity index (χ0) is 14.7. The Morgan fingerprint density at radius 3 is 2.90 bits per heavy atom. The van der Waals surface area contributed by atoms with Crippen molar-refractivity contribution >= 4 is 5.91 Å². The molecule has 1 aliphatic rings. The molecule has 0 radical (unpaired) electrons. The first-order chi connectivity index (χ1) is 9.47. The number of nitrogens with two attached hydrogens (primary N) is 2. The number of amides is 1. The smallest absolute Gasteiger partial charge is 0.248 e. The van der Waals surface area contributed by atoms with Crippen molar-refractivity contribution in [2.24, 2.45) is 11.5 Å². The van der Waals surface area contributed by atoms with Gasteiger partial charge in [0, 0.05) is 31.2 Å². The molecule has 1 amide bonds. The minimum Gasteiger partial charge on any atom is -0.374 e. The van der Waals surface area contributed by atoms with E-state index in [2.05, 4.69) is 4.90 Å². The molecule has 0 bridgehead atoms. The predicted molar refractivity (Wildman–Crippen MR) is 78.4 cm³/mol. The highest BCUT2D eigenvalue weighted by molar-refractivity contribution is 5.93. The molecule has 2 rings (SSSR count). The lowest BCUT2D eigenvalue weighted by molar-refractivity contribution is -0.0404. The van der Waals surface area contributed by atoms with Crippen molar-refractivity contribution in [2.45, 2.75) is 32.5 Å². The number of hydrogen-bond acceptors (Lipinski definition) is 4. The van der Waals surface area contributed by atoms with Gasteiger partial charge in [-0.05, 0) is 37.1 Å². The molecule has 1 aromatic carbocycles. The van der Waals surface area contributed by atoms with Crippen molar-refractivity contribution in [3.8, 4) is 0 Å². The Morgan fingerprint density at radius 1 is 1.55 bits per heavy atom. The second-order valence-electron chi connectivity index (χ2n) is 5.51. The summed E-state index contributed by atoms with van der Waals surface area (Å²) in [7, 11) is 0. The van der Waals surface area contributed by atoms with E-state index in [0.717, 1.165) is 25.2 Å². The summed E-state index contributed by atoms with van der Waals surface area (Å²) in [5.41, 5.74) is 14.0. The van der Waals surface area contributed by atoms with E-state index >= 15 is 0 Å². The average Bonchev–Trinajstić information content (AvgIpc) is 2.41. The monoisotopic (exact) mass is 277 g/mol. The number of hydrogen-bond donors (Lipinski definition) is 2. The number of benzene rings is 1. The van der Waals surface area contributed by atoms with Crippen LogP contribution in [0.1, 0.15) is 28.4 Å². The molecule has 1 aromatic rings. The second kappa shape index (κ2) is 6.35. The van der Waals surface area contributed by atoms with Crippen LogP contribution in [0.3, 0.4) is 0 Å². The van der Waals surface area contributed by atoms with Crippen LogP contribution in [0.4, 0.5) is 0 Å². The second-order valence-corrected chi connectivity index (χ2v) is 5.51. The van der Waals surface area contributed by atoms with E-state index in [9.17, 15) is 4.79 Å². The molecule has 0 aromatic heterocycles. The van der Waals surface area contributed by atoms with Gasteiger partial charge in [0.2, 0.25) is 5.91 Å². The molecule has 0 spiro atoms. The minimum atomic E-state index is -0.386. The lowest BCUT2D eigenvalue weighted by atomic mass is 10.0. The van der Waals surface area contributed by atoms with Gasteiger partial charge in [-0.25, -0.2) is 0 Å². The van der Waals surface area contributed by atoms with Crippen LogP contribution in [0.15, 0.2) is 18.2 Å². The van der Waals surface area contributed by atoms with Crippen LogP contribution in [0.2, 0.25) is 0 Å². The lowest BCUT2D eigenvalue weighted by Crippen LogP contribution is -2.49. The van der Waals surface area contributed by atoms with Crippen LogP contribution in [-0.4, -0.2) is 42.6 Å². The Labute approximate surface area is 119 Å².